The fourth-order valence-corrected chi connectivity index (χ4v) is 3.41. The molecule has 1 saturated heterocycles. The van der Waals surface area contributed by atoms with Gasteiger partial charge in [-0.1, -0.05) is 0 Å². The Morgan fingerprint density at radius 1 is 0.828 bits per heavy atom. The number of ether oxygens (including phenoxy) is 2. The van der Waals surface area contributed by atoms with E-state index in [0.29, 0.717) is 17.4 Å². The molecule has 29 heavy (non-hydrogen) atoms. The highest BCUT2D eigenvalue weighted by molar-refractivity contribution is 5.63. The summed E-state index contributed by atoms with van der Waals surface area (Å²) < 4.78 is 10.6. The largest absolute Gasteiger partial charge is 0.493 e. The summed E-state index contributed by atoms with van der Waals surface area (Å²) in [4.78, 5) is 11.3. The zero-order valence-electron chi connectivity index (χ0n) is 16.7. The van der Waals surface area contributed by atoms with Crippen LogP contribution in [0.2, 0.25) is 0 Å². The van der Waals surface area contributed by atoms with Crippen molar-refractivity contribution in [3.05, 3.63) is 54.7 Å². The van der Waals surface area contributed by atoms with Crippen LogP contribution in [0.15, 0.2) is 54.7 Å². The van der Waals surface area contributed by atoms with Gasteiger partial charge in [-0.15, -0.1) is 0 Å². The van der Waals surface area contributed by atoms with Crippen LogP contribution in [0.4, 0.5) is 28.8 Å². The highest BCUT2D eigenvalue weighted by Crippen LogP contribution is 2.31. The zero-order valence-corrected chi connectivity index (χ0v) is 16.7. The van der Waals surface area contributed by atoms with Gasteiger partial charge in [-0.25, -0.2) is 4.98 Å². The van der Waals surface area contributed by atoms with Gasteiger partial charge in [0.15, 0.2) is 11.5 Å². The first-order chi connectivity index (χ1) is 14.2. The Bertz CT molecular complexity index is 956. The van der Waals surface area contributed by atoms with Gasteiger partial charge in [-0.3, -0.25) is 0 Å². The fraction of sp³-hybridized carbons (Fsp3) is 0.273. The summed E-state index contributed by atoms with van der Waals surface area (Å²) in [7, 11) is 3.22. The Hall–Kier alpha value is -3.48. The topological polar surface area (TPSA) is 71.5 Å². The van der Waals surface area contributed by atoms with E-state index in [1.54, 1.807) is 20.4 Å². The summed E-state index contributed by atoms with van der Waals surface area (Å²) in [6, 6.07) is 15.9. The standard InChI is InChI=1S/C22H25N5O2/c1-28-19-10-7-17(15-20(19)29-2)25-22-23-12-11-21(26-22)24-16-5-8-18(9-6-16)27-13-3-4-14-27/h5-12,15H,3-4,13-14H2,1-2H3,(H2,23,24,25,26). The van der Waals surface area contributed by atoms with Crippen molar-refractivity contribution in [2.75, 3.05) is 42.8 Å². The van der Waals surface area contributed by atoms with Gasteiger partial charge >= 0.3 is 0 Å². The highest BCUT2D eigenvalue weighted by atomic mass is 16.5. The average Bonchev–Trinajstić information content (AvgIpc) is 3.29. The molecule has 1 aliphatic rings. The number of aromatic nitrogens is 2. The molecule has 3 aromatic rings. The maximum atomic E-state index is 5.34. The van der Waals surface area contributed by atoms with Gasteiger partial charge in [-0.2, -0.15) is 4.98 Å². The SMILES string of the molecule is COc1ccc(Nc2nccc(Nc3ccc(N4CCCC4)cc3)n2)cc1OC. The van der Waals surface area contributed by atoms with Gasteiger partial charge in [0.25, 0.3) is 0 Å². The molecule has 7 heteroatoms. The van der Waals surface area contributed by atoms with E-state index in [2.05, 4.69) is 49.8 Å². The first kappa shape index (κ1) is 18.9. The van der Waals surface area contributed by atoms with Crippen molar-refractivity contribution in [1.29, 1.82) is 0 Å². The average molecular weight is 391 g/mol. The predicted molar refractivity (Wildman–Crippen MR) is 116 cm³/mol. The van der Waals surface area contributed by atoms with Gasteiger partial charge in [0.1, 0.15) is 5.82 Å². The number of nitrogens with zero attached hydrogens (tertiary/aromatic N) is 3. The number of benzene rings is 2. The van der Waals surface area contributed by atoms with Crippen molar-refractivity contribution in [2.24, 2.45) is 0 Å². The van der Waals surface area contributed by atoms with Crippen LogP contribution >= 0.6 is 0 Å². The van der Waals surface area contributed by atoms with Crippen LogP contribution < -0.4 is 25.0 Å². The third-order valence-electron chi connectivity index (χ3n) is 4.91. The van der Waals surface area contributed by atoms with Crippen molar-refractivity contribution in [3.63, 3.8) is 0 Å². The van der Waals surface area contributed by atoms with E-state index in [9.17, 15) is 0 Å². The number of nitrogens with one attached hydrogen (secondary N) is 2. The second kappa shape index (κ2) is 8.68. The van der Waals surface area contributed by atoms with E-state index in [1.165, 1.54) is 18.5 Å². The van der Waals surface area contributed by atoms with Crippen LogP contribution in [0, 0.1) is 0 Å². The molecular weight excluding hydrogens is 366 g/mol. The molecule has 0 amide bonds. The molecule has 7 nitrogen and oxygen atoms in total. The Morgan fingerprint density at radius 2 is 1.55 bits per heavy atom. The van der Waals surface area contributed by atoms with Gasteiger partial charge < -0.3 is 25.0 Å². The number of hydrogen-bond donors (Lipinski definition) is 2. The second-order valence-corrected chi connectivity index (χ2v) is 6.83. The Morgan fingerprint density at radius 3 is 2.28 bits per heavy atom. The summed E-state index contributed by atoms with van der Waals surface area (Å²) in [5.74, 6) is 2.53. The first-order valence-corrected chi connectivity index (χ1v) is 9.69. The smallest absolute Gasteiger partial charge is 0.229 e. The lowest BCUT2D eigenvalue weighted by molar-refractivity contribution is 0.355. The van der Waals surface area contributed by atoms with Crippen molar-refractivity contribution < 1.29 is 9.47 Å². The summed E-state index contributed by atoms with van der Waals surface area (Å²) in [6.07, 6.45) is 4.27. The fourth-order valence-electron chi connectivity index (χ4n) is 3.41. The molecule has 0 radical (unpaired) electrons. The van der Waals surface area contributed by atoms with E-state index in [1.807, 2.05) is 24.3 Å². The van der Waals surface area contributed by atoms with E-state index >= 15 is 0 Å². The number of hydrogen-bond acceptors (Lipinski definition) is 7. The molecular formula is C22H25N5O2. The number of anilines is 5. The molecule has 2 N–H and O–H groups in total. The summed E-state index contributed by atoms with van der Waals surface area (Å²) in [5.41, 5.74) is 3.07. The molecule has 0 spiro atoms. The number of methoxy groups -OCH3 is 2. The Balaban J connectivity index is 1.44. The maximum Gasteiger partial charge on any atom is 0.229 e. The Kier molecular flexibility index (Phi) is 5.65. The summed E-state index contributed by atoms with van der Waals surface area (Å²) >= 11 is 0. The lowest BCUT2D eigenvalue weighted by Gasteiger charge is -2.18. The molecule has 0 unspecified atom stereocenters. The minimum Gasteiger partial charge on any atom is -0.493 e. The molecule has 1 aliphatic heterocycles. The van der Waals surface area contributed by atoms with E-state index in [-0.39, 0.29) is 0 Å². The van der Waals surface area contributed by atoms with Crippen LogP contribution in [0.3, 0.4) is 0 Å². The normalized spacial score (nSPS) is 13.2. The third kappa shape index (κ3) is 4.51. The van der Waals surface area contributed by atoms with Crippen LogP contribution in [-0.2, 0) is 0 Å². The van der Waals surface area contributed by atoms with Gasteiger partial charge in [0, 0.05) is 42.4 Å². The molecule has 150 valence electrons. The van der Waals surface area contributed by atoms with Crippen molar-refractivity contribution in [2.45, 2.75) is 12.8 Å². The molecule has 2 aromatic carbocycles. The van der Waals surface area contributed by atoms with Crippen molar-refractivity contribution >= 4 is 28.8 Å². The zero-order chi connectivity index (χ0) is 20.1. The van der Waals surface area contributed by atoms with Crippen LogP contribution in [0.25, 0.3) is 0 Å². The van der Waals surface area contributed by atoms with Crippen LogP contribution in [0.5, 0.6) is 11.5 Å². The van der Waals surface area contributed by atoms with Crippen LogP contribution in [0.1, 0.15) is 12.8 Å². The molecule has 0 atom stereocenters. The molecule has 1 aromatic heterocycles. The minimum atomic E-state index is 0.496. The lowest BCUT2D eigenvalue weighted by Crippen LogP contribution is -2.17. The highest BCUT2D eigenvalue weighted by Gasteiger charge is 2.12. The monoisotopic (exact) mass is 391 g/mol. The van der Waals surface area contributed by atoms with Gasteiger partial charge in [0.2, 0.25) is 5.95 Å². The molecule has 1 fully saturated rings. The van der Waals surface area contributed by atoms with E-state index in [0.717, 1.165) is 30.3 Å². The summed E-state index contributed by atoms with van der Waals surface area (Å²) in [5, 5.41) is 6.53. The van der Waals surface area contributed by atoms with Crippen molar-refractivity contribution in [1.82, 2.24) is 9.97 Å². The Labute approximate surface area is 170 Å². The quantitative estimate of drug-likeness (QED) is 0.611. The number of rotatable bonds is 7. The molecule has 0 saturated carbocycles. The molecule has 0 bridgehead atoms. The van der Waals surface area contributed by atoms with E-state index < -0.39 is 0 Å². The third-order valence-corrected chi connectivity index (χ3v) is 4.91. The minimum absolute atomic E-state index is 0.496. The van der Waals surface area contributed by atoms with Crippen LogP contribution in [-0.4, -0.2) is 37.3 Å². The lowest BCUT2D eigenvalue weighted by atomic mass is 10.2. The van der Waals surface area contributed by atoms with E-state index in [4.69, 9.17) is 9.47 Å². The van der Waals surface area contributed by atoms with Gasteiger partial charge in [0.05, 0.1) is 14.2 Å². The summed E-state index contributed by atoms with van der Waals surface area (Å²) in [6.45, 7) is 2.29. The second-order valence-electron chi connectivity index (χ2n) is 6.83. The molecule has 2 heterocycles. The van der Waals surface area contributed by atoms with Crippen molar-refractivity contribution in [3.8, 4) is 11.5 Å². The molecule has 4 rings (SSSR count). The molecule has 0 aliphatic carbocycles. The predicted octanol–water partition coefficient (Wildman–Crippen LogP) is 4.58. The van der Waals surface area contributed by atoms with Gasteiger partial charge in [-0.05, 0) is 55.3 Å². The first-order valence-electron chi connectivity index (χ1n) is 9.69. The maximum absolute atomic E-state index is 5.34.